The van der Waals surface area contributed by atoms with Gasteiger partial charge in [0.25, 0.3) is 0 Å². The molecule has 3 nitrogen and oxygen atoms in total. The van der Waals surface area contributed by atoms with Crippen molar-refractivity contribution in [3.8, 4) is 5.75 Å². The molecular weight excluding hydrogens is 192 g/mol. The summed E-state index contributed by atoms with van der Waals surface area (Å²) in [5.74, 6) is 0.504. The Morgan fingerprint density at radius 3 is 2.47 bits per heavy atom. The van der Waals surface area contributed by atoms with Crippen molar-refractivity contribution in [2.45, 2.75) is 33.3 Å². The van der Waals surface area contributed by atoms with Crippen LogP contribution in [0.1, 0.15) is 26.3 Å². The van der Waals surface area contributed by atoms with Crippen LogP contribution in [0.5, 0.6) is 5.75 Å². The van der Waals surface area contributed by atoms with Crippen molar-refractivity contribution >= 4 is 6.16 Å². The molecule has 15 heavy (non-hydrogen) atoms. The van der Waals surface area contributed by atoms with Gasteiger partial charge in [-0.15, -0.1) is 0 Å². The van der Waals surface area contributed by atoms with E-state index in [4.69, 9.17) is 9.47 Å². The van der Waals surface area contributed by atoms with Crippen LogP contribution < -0.4 is 4.74 Å². The number of benzene rings is 1. The molecule has 0 radical (unpaired) electrons. The van der Waals surface area contributed by atoms with Crippen molar-refractivity contribution < 1.29 is 14.3 Å². The Labute approximate surface area is 90.0 Å². The summed E-state index contributed by atoms with van der Waals surface area (Å²) >= 11 is 0. The van der Waals surface area contributed by atoms with Gasteiger partial charge < -0.3 is 9.47 Å². The predicted octanol–water partition coefficient (Wildman–Crippen LogP) is 3.31. The molecular formula is C12H16O3. The lowest BCUT2D eigenvalue weighted by atomic mass is 10.2. The van der Waals surface area contributed by atoms with Gasteiger partial charge in [-0.05, 0) is 45.4 Å². The zero-order valence-corrected chi connectivity index (χ0v) is 9.53. The Morgan fingerprint density at radius 1 is 1.27 bits per heavy atom. The Bertz CT molecular complexity index is 350. The lowest BCUT2D eigenvalue weighted by Crippen LogP contribution is -2.25. The fourth-order valence-corrected chi connectivity index (χ4v) is 1.05. The van der Waals surface area contributed by atoms with Crippen LogP contribution >= 0.6 is 0 Å². The molecule has 82 valence electrons. The molecule has 0 amide bonds. The first kappa shape index (κ1) is 11.6. The minimum atomic E-state index is -0.673. The molecule has 3 heteroatoms. The second kappa shape index (κ2) is 4.34. The van der Waals surface area contributed by atoms with Crippen LogP contribution in [0.4, 0.5) is 4.79 Å². The number of rotatable bonds is 1. The molecule has 0 saturated carbocycles. The summed E-state index contributed by atoms with van der Waals surface area (Å²) in [4.78, 5) is 11.3. The summed E-state index contributed by atoms with van der Waals surface area (Å²) in [6.45, 7) is 7.32. The molecule has 0 aliphatic rings. The molecule has 1 rings (SSSR count). The van der Waals surface area contributed by atoms with Crippen molar-refractivity contribution in [3.05, 3.63) is 29.8 Å². The highest BCUT2D eigenvalue weighted by Crippen LogP contribution is 2.15. The molecule has 0 aromatic heterocycles. The largest absolute Gasteiger partial charge is 0.514 e. The van der Waals surface area contributed by atoms with Crippen molar-refractivity contribution in [3.63, 3.8) is 0 Å². The van der Waals surface area contributed by atoms with Gasteiger partial charge in [0.2, 0.25) is 0 Å². The van der Waals surface area contributed by atoms with Gasteiger partial charge in [-0.25, -0.2) is 4.79 Å². The maximum absolute atomic E-state index is 11.3. The zero-order chi connectivity index (χ0) is 11.5. The maximum atomic E-state index is 11.3. The number of hydrogen-bond donors (Lipinski definition) is 0. The van der Waals surface area contributed by atoms with E-state index in [1.807, 2.05) is 19.1 Å². The molecule has 1 aromatic rings. The molecule has 0 saturated heterocycles. The molecule has 0 heterocycles. The van der Waals surface area contributed by atoms with Crippen molar-refractivity contribution in [2.75, 3.05) is 0 Å². The van der Waals surface area contributed by atoms with Crippen molar-refractivity contribution in [1.29, 1.82) is 0 Å². The highest BCUT2D eigenvalue weighted by molar-refractivity contribution is 5.64. The minimum Gasteiger partial charge on any atom is -0.428 e. The Hall–Kier alpha value is -1.51. The monoisotopic (exact) mass is 208 g/mol. The van der Waals surface area contributed by atoms with Gasteiger partial charge in [-0.1, -0.05) is 12.1 Å². The topological polar surface area (TPSA) is 35.5 Å². The van der Waals surface area contributed by atoms with E-state index < -0.39 is 11.8 Å². The van der Waals surface area contributed by atoms with Crippen LogP contribution in [0.15, 0.2) is 24.3 Å². The van der Waals surface area contributed by atoms with Gasteiger partial charge in [0.1, 0.15) is 11.4 Å². The minimum absolute atomic E-state index is 0.504. The summed E-state index contributed by atoms with van der Waals surface area (Å²) < 4.78 is 10.0. The number of carbonyl (C=O) groups excluding carboxylic acids is 1. The normalized spacial score (nSPS) is 10.9. The van der Waals surface area contributed by atoms with Crippen LogP contribution in [0, 0.1) is 6.92 Å². The van der Waals surface area contributed by atoms with E-state index >= 15 is 0 Å². The van der Waals surface area contributed by atoms with E-state index in [0.29, 0.717) is 5.75 Å². The Balaban J connectivity index is 2.59. The van der Waals surface area contributed by atoms with Gasteiger partial charge in [0.05, 0.1) is 0 Å². The molecule has 0 unspecified atom stereocenters. The van der Waals surface area contributed by atoms with Crippen LogP contribution in [-0.2, 0) is 4.74 Å². The third-order valence-corrected chi connectivity index (χ3v) is 1.58. The smallest absolute Gasteiger partial charge is 0.428 e. The van der Waals surface area contributed by atoms with Crippen LogP contribution in [-0.4, -0.2) is 11.8 Å². The summed E-state index contributed by atoms with van der Waals surface area (Å²) in [6, 6.07) is 7.26. The standard InChI is InChI=1S/C12H16O3/c1-9-6-5-7-10(8-9)14-11(13)15-12(2,3)4/h5-8H,1-4H3. The van der Waals surface area contributed by atoms with Crippen LogP contribution in [0.3, 0.4) is 0 Å². The van der Waals surface area contributed by atoms with E-state index in [-0.39, 0.29) is 0 Å². The molecule has 0 bridgehead atoms. The van der Waals surface area contributed by atoms with Crippen LogP contribution in [0.25, 0.3) is 0 Å². The van der Waals surface area contributed by atoms with Crippen molar-refractivity contribution in [1.82, 2.24) is 0 Å². The molecule has 0 fully saturated rings. The molecule has 0 N–H and O–H groups in total. The van der Waals surface area contributed by atoms with Gasteiger partial charge >= 0.3 is 6.16 Å². The number of hydrogen-bond acceptors (Lipinski definition) is 3. The molecule has 1 aromatic carbocycles. The zero-order valence-electron chi connectivity index (χ0n) is 9.53. The fraction of sp³-hybridized carbons (Fsp3) is 0.417. The molecule has 0 atom stereocenters. The number of ether oxygens (including phenoxy) is 2. The first-order valence-corrected chi connectivity index (χ1v) is 4.84. The lowest BCUT2D eigenvalue weighted by molar-refractivity contribution is 0.0206. The van der Waals surface area contributed by atoms with Crippen LogP contribution in [0.2, 0.25) is 0 Å². The van der Waals surface area contributed by atoms with Gasteiger partial charge in [0.15, 0.2) is 0 Å². The van der Waals surface area contributed by atoms with Gasteiger partial charge in [0, 0.05) is 0 Å². The summed E-state index contributed by atoms with van der Waals surface area (Å²) in [6.07, 6.45) is -0.673. The van der Waals surface area contributed by atoms with E-state index in [1.165, 1.54) is 0 Å². The molecule has 0 aliphatic carbocycles. The quantitative estimate of drug-likeness (QED) is 0.524. The number of carbonyl (C=O) groups is 1. The lowest BCUT2D eigenvalue weighted by Gasteiger charge is -2.18. The predicted molar refractivity (Wildman–Crippen MR) is 58.0 cm³/mol. The average Bonchev–Trinajstić information content (AvgIpc) is 1.99. The van der Waals surface area contributed by atoms with E-state index in [1.54, 1.807) is 32.9 Å². The average molecular weight is 208 g/mol. The Kier molecular flexibility index (Phi) is 3.35. The summed E-state index contributed by atoms with van der Waals surface area (Å²) in [7, 11) is 0. The second-order valence-corrected chi connectivity index (χ2v) is 4.38. The van der Waals surface area contributed by atoms with E-state index in [2.05, 4.69) is 0 Å². The first-order chi connectivity index (χ1) is 6.87. The van der Waals surface area contributed by atoms with Gasteiger partial charge in [-0.2, -0.15) is 0 Å². The summed E-state index contributed by atoms with van der Waals surface area (Å²) in [5, 5.41) is 0. The Morgan fingerprint density at radius 2 is 1.93 bits per heavy atom. The van der Waals surface area contributed by atoms with E-state index in [9.17, 15) is 4.79 Å². The fourth-order valence-electron chi connectivity index (χ4n) is 1.05. The maximum Gasteiger partial charge on any atom is 0.514 e. The second-order valence-electron chi connectivity index (χ2n) is 4.38. The highest BCUT2D eigenvalue weighted by atomic mass is 16.7. The number of aryl methyl sites for hydroxylation is 1. The highest BCUT2D eigenvalue weighted by Gasteiger charge is 2.17. The summed E-state index contributed by atoms with van der Waals surface area (Å²) in [5.41, 5.74) is 0.511. The third kappa shape index (κ3) is 4.49. The molecule has 0 spiro atoms. The molecule has 0 aliphatic heterocycles. The van der Waals surface area contributed by atoms with Gasteiger partial charge in [-0.3, -0.25) is 0 Å². The van der Waals surface area contributed by atoms with E-state index in [0.717, 1.165) is 5.56 Å². The third-order valence-electron chi connectivity index (χ3n) is 1.58. The van der Waals surface area contributed by atoms with Crippen molar-refractivity contribution in [2.24, 2.45) is 0 Å². The first-order valence-electron chi connectivity index (χ1n) is 4.84. The SMILES string of the molecule is Cc1cccc(OC(=O)OC(C)(C)C)c1.